The molecule has 0 bridgehead atoms. The molecule has 1 unspecified atom stereocenters. The lowest BCUT2D eigenvalue weighted by Crippen LogP contribution is -2.25. The SMILES string of the molecule is CCc1ccc(C(NCc2ccco2)C(C)C)cc1. The zero-order chi connectivity index (χ0) is 13.7. The van der Waals surface area contributed by atoms with Crippen molar-refractivity contribution >= 4 is 0 Å². The molecular weight excluding hydrogens is 234 g/mol. The summed E-state index contributed by atoms with van der Waals surface area (Å²) in [5, 5.41) is 3.58. The summed E-state index contributed by atoms with van der Waals surface area (Å²) < 4.78 is 5.37. The van der Waals surface area contributed by atoms with Gasteiger partial charge in [0.05, 0.1) is 12.8 Å². The van der Waals surface area contributed by atoms with Gasteiger partial charge in [0.2, 0.25) is 0 Å². The van der Waals surface area contributed by atoms with Crippen LogP contribution in [0.25, 0.3) is 0 Å². The van der Waals surface area contributed by atoms with Crippen LogP contribution >= 0.6 is 0 Å². The fourth-order valence-corrected chi connectivity index (χ4v) is 2.32. The molecule has 1 N–H and O–H groups in total. The lowest BCUT2D eigenvalue weighted by molar-refractivity contribution is 0.384. The van der Waals surface area contributed by atoms with Crippen molar-refractivity contribution in [3.63, 3.8) is 0 Å². The molecule has 102 valence electrons. The van der Waals surface area contributed by atoms with Crippen LogP contribution in [0.4, 0.5) is 0 Å². The average Bonchev–Trinajstić information content (AvgIpc) is 2.92. The maximum atomic E-state index is 5.37. The molecule has 0 saturated heterocycles. The highest BCUT2D eigenvalue weighted by Crippen LogP contribution is 2.22. The van der Waals surface area contributed by atoms with Crippen molar-refractivity contribution in [2.24, 2.45) is 5.92 Å². The third-order valence-electron chi connectivity index (χ3n) is 3.49. The van der Waals surface area contributed by atoms with E-state index in [1.54, 1.807) is 6.26 Å². The van der Waals surface area contributed by atoms with Crippen molar-refractivity contribution < 1.29 is 4.42 Å². The van der Waals surface area contributed by atoms with Crippen LogP contribution in [0.1, 0.15) is 43.7 Å². The van der Waals surface area contributed by atoms with Gasteiger partial charge in [0.25, 0.3) is 0 Å². The van der Waals surface area contributed by atoms with Gasteiger partial charge in [-0.3, -0.25) is 0 Å². The number of aryl methyl sites for hydroxylation is 1. The van der Waals surface area contributed by atoms with Gasteiger partial charge < -0.3 is 9.73 Å². The molecule has 1 heterocycles. The quantitative estimate of drug-likeness (QED) is 0.833. The Hall–Kier alpha value is -1.54. The Balaban J connectivity index is 2.06. The minimum absolute atomic E-state index is 0.357. The summed E-state index contributed by atoms with van der Waals surface area (Å²) in [5.74, 6) is 1.53. The first-order valence-electron chi connectivity index (χ1n) is 7.05. The highest BCUT2D eigenvalue weighted by molar-refractivity contribution is 5.25. The zero-order valence-electron chi connectivity index (χ0n) is 12.0. The topological polar surface area (TPSA) is 25.2 Å². The van der Waals surface area contributed by atoms with E-state index < -0.39 is 0 Å². The Bertz CT molecular complexity index is 470. The number of hydrogen-bond donors (Lipinski definition) is 1. The number of furan rings is 1. The van der Waals surface area contributed by atoms with Crippen LogP contribution in [0.15, 0.2) is 47.1 Å². The molecule has 19 heavy (non-hydrogen) atoms. The molecule has 1 atom stereocenters. The normalized spacial score (nSPS) is 12.8. The lowest BCUT2D eigenvalue weighted by Gasteiger charge is -2.22. The Morgan fingerprint density at radius 2 is 1.84 bits per heavy atom. The van der Waals surface area contributed by atoms with Crippen molar-refractivity contribution in [3.8, 4) is 0 Å². The largest absolute Gasteiger partial charge is 0.468 e. The van der Waals surface area contributed by atoms with Gasteiger partial charge in [0, 0.05) is 6.04 Å². The van der Waals surface area contributed by atoms with Gasteiger partial charge in [-0.25, -0.2) is 0 Å². The highest BCUT2D eigenvalue weighted by atomic mass is 16.3. The molecule has 1 aromatic carbocycles. The van der Waals surface area contributed by atoms with E-state index in [1.165, 1.54) is 11.1 Å². The third-order valence-corrected chi connectivity index (χ3v) is 3.49. The molecule has 0 radical (unpaired) electrons. The molecule has 0 aliphatic rings. The van der Waals surface area contributed by atoms with Crippen LogP contribution in [0.3, 0.4) is 0 Å². The van der Waals surface area contributed by atoms with Crippen LogP contribution in [-0.4, -0.2) is 0 Å². The minimum atomic E-state index is 0.357. The molecule has 2 heteroatoms. The summed E-state index contributed by atoms with van der Waals surface area (Å²) in [4.78, 5) is 0. The van der Waals surface area contributed by atoms with Crippen molar-refractivity contribution in [2.75, 3.05) is 0 Å². The van der Waals surface area contributed by atoms with E-state index in [4.69, 9.17) is 4.42 Å². The number of rotatable bonds is 6. The average molecular weight is 257 g/mol. The Morgan fingerprint density at radius 1 is 1.11 bits per heavy atom. The Labute approximate surface area is 115 Å². The van der Waals surface area contributed by atoms with Gasteiger partial charge >= 0.3 is 0 Å². The first kappa shape index (κ1) is 13.9. The van der Waals surface area contributed by atoms with E-state index in [-0.39, 0.29) is 0 Å². The molecule has 0 fully saturated rings. The molecule has 0 saturated carbocycles. The molecule has 2 aromatic rings. The first-order valence-corrected chi connectivity index (χ1v) is 7.05. The third kappa shape index (κ3) is 3.71. The van der Waals surface area contributed by atoms with Crippen LogP contribution in [0.5, 0.6) is 0 Å². The number of benzene rings is 1. The standard InChI is InChI=1S/C17H23NO/c1-4-14-7-9-15(10-8-14)17(13(2)3)18-12-16-6-5-11-19-16/h5-11,13,17-18H,4,12H2,1-3H3. The molecular formula is C17H23NO. The Kier molecular flexibility index (Phi) is 4.80. The Morgan fingerprint density at radius 3 is 2.37 bits per heavy atom. The zero-order valence-corrected chi connectivity index (χ0v) is 12.0. The summed E-state index contributed by atoms with van der Waals surface area (Å²) in [7, 11) is 0. The monoisotopic (exact) mass is 257 g/mol. The maximum absolute atomic E-state index is 5.37. The van der Waals surface area contributed by atoms with Gasteiger partial charge in [-0.2, -0.15) is 0 Å². The van der Waals surface area contributed by atoms with Crippen molar-refractivity contribution in [1.29, 1.82) is 0 Å². The smallest absolute Gasteiger partial charge is 0.117 e. The van der Waals surface area contributed by atoms with Crippen LogP contribution in [0.2, 0.25) is 0 Å². The second-order valence-electron chi connectivity index (χ2n) is 5.28. The first-order chi connectivity index (χ1) is 9.20. The van der Waals surface area contributed by atoms with Crippen LogP contribution in [-0.2, 0) is 13.0 Å². The molecule has 0 aliphatic carbocycles. The van der Waals surface area contributed by atoms with Crippen LogP contribution < -0.4 is 5.32 Å². The molecule has 1 aromatic heterocycles. The van der Waals surface area contributed by atoms with Gasteiger partial charge in [0.1, 0.15) is 5.76 Å². The van der Waals surface area contributed by atoms with Gasteiger partial charge in [0.15, 0.2) is 0 Å². The maximum Gasteiger partial charge on any atom is 0.117 e. The van der Waals surface area contributed by atoms with Gasteiger partial charge in [-0.05, 0) is 35.6 Å². The van der Waals surface area contributed by atoms with E-state index >= 15 is 0 Å². The molecule has 0 amide bonds. The van der Waals surface area contributed by atoms with Crippen molar-refractivity contribution in [2.45, 2.75) is 39.8 Å². The van der Waals surface area contributed by atoms with Crippen molar-refractivity contribution in [1.82, 2.24) is 5.32 Å². The summed E-state index contributed by atoms with van der Waals surface area (Å²) in [6, 6.07) is 13.2. The predicted octanol–water partition coefficient (Wildman–Crippen LogP) is 4.33. The van der Waals surface area contributed by atoms with E-state index in [2.05, 4.69) is 50.4 Å². The molecule has 0 aliphatic heterocycles. The van der Waals surface area contributed by atoms with Crippen LogP contribution in [0, 0.1) is 5.92 Å². The van der Waals surface area contributed by atoms with Gasteiger partial charge in [-0.1, -0.05) is 45.0 Å². The minimum Gasteiger partial charge on any atom is -0.468 e. The van der Waals surface area contributed by atoms with E-state index in [1.807, 2.05) is 12.1 Å². The second-order valence-corrected chi connectivity index (χ2v) is 5.28. The summed E-state index contributed by atoms with van der Waals surface area (Å²) in [6.07, 6.45) is 2.81. The summed E-state index contributed by atoms with van der Waals surface area (Å²) in [5.41, 5.74) is 2.73. The summed E-state index contributed by atoms with van der Waals surface area (Å²) in [6.45, 7) is 7.44. The lowest BCUT2D eigenvalue weighted by atomic mass is 9.95. The summed E-state index contributed by atoms with van der Waals surface area (Å²) >= 11 is 0. The second kappa shape index (κ2) is 6.58. The number of nitrogens with one attached hydrogen (secondary N) is 1. The predicted molar refractivity (Wildman–Crippen MR) is 78.9 cm³/mol. The molecule has 2 rings (SSSR count). The molecule has 2 nitrogen and oxygen atoms in total. The molecule has 0 spiro atoms. The highest BCUT2D eigenvalue weighted by Gasteiger charge is 2.15. The van der Waals surface area contributed by atoms with E-state index in [9.17, 15) is 0 Å². The van der Waals surface area contributed by atoms with Gasteiger partial charge in [-0.15, -0.1) is 0 Å². The fraction of sp³-hybridized carbons (Fsp3) is 0.412. The fourth-order valence-electron chi connectivity index (χ4n) is 2.32. The van der Waals surface area contributed by atoms with E-state index in [0.717, 1.165) is 18.7 Å². The number of hydrogen-bond acceptors (Lipinski definition) is 2. The van der Waals surface area contributed by atoms with Crippen molar-refractivity contribution in [3.05, 3.63) is 59.5 Å². The van der Waals surface area contributed by atoms with E-state index in [0.29, 0.717) is 12.0 Å².